The predicted molar refractivity (Wildman–Crippen MR) is 51.2 cm³/mol. The normalized spacial score (nSPS) is 10.4. The highest BCUT2D eigenvalue weighted by Gasteiger charge is 2.11. The van der Waals surface area contributed by atoms with Crippen molar-refractivity contribution in [3.63, 3.8) is 0 Å². The van der Waals surface area contributed by atoms with Crippen molar-refractivity contribution in [2.75, 3.05) is 6.54 Å². The van der Waals surface area contributed by atoms with Crippen LogP contribution in [0, 0.1) is 6.92 Å². The molecule has 0 aromatic heterocycles. The smallest absolute Gasteiger partial charge is 0.255 e. The summed E-state index contributed by atoms with van der Waals surface area (Å²) in [5.41, 5.74) is 0.829. The number of phenols is 1. The number of nitrogens with one attached hydrogen (secondary N) is 1. The second-order valence-electron chi connectivity index (χ2n) is 3.10. The maximum atomic E-state index is 11.8. The van der Waals surface area contributed by atoms with Gasteiger partial charge in [-0.3, -0.25) is 4.79 Å². The Bertz CT molecular complexity index is 366. The number of carbonyl (C=O) groups is 1. The summed E-state index contributed by atoms with van der Waals surface area (Å²) >= 11 is 0. The van der Waals surface area contributed by atoms with Crippen LogP contribution in [0.3, 0.4) is 0 Å². The molecule has 0 saturated carbocycles. The number of phenolic OH excluding ortho intramolecular Hbond substituents is 1. The zero-order valence-electron chi connectivity index (χ0n) is 8.13. The second-order valence-corrected chi connectivity index (χ2v) is 3.10. The summed E-state index contributed by atoms with van der Waals surface area (Å²) in [7, 11) is 0. The summed E-state index contributed by atoms with van der Waals surface area (Å²) < 4.78 is 23.6. The van der Waals surface area contributed by atoms with Gasteiger partial charge in [-0.25, -0.2) is 8.78 Å². The van der Waals surface area contributed by atoms with Gasteiger partial charge in [-0.05, 0) is 30.7 Å². The Morgan fingerprint density at radius 1 is 1.53 bits per heavy atom. The zero-order chi connectivity index (χ0) is 11.4. The van der Waals surface area contributed by atoms with Crippen LogP contribution in [-0.4, -0.2) is 24.0 Å². The Balaban J connectivity index is 2.74. The van der Waals surface area contributed by atoms with Gasteiger partial charge in [0, 0.05) is 5.56 Å². The summed E-state index contributed by atoms with van der Waals surface area (Å²) in [4.78, 5) is 11.4. The Morgan fingerprint density at radius 3 is 2.73 bits per heavy atom. The van der Waals surface area contributed by atoms with E-state index in [9.17, 15) is 13.6 Å². The van der Waals surface area contributed by atoms with E-state index < -0.39 is 18.9 Å². The predicted octanol–water partition coefficient (Wildman–Crippen LogP) is 1.70. The van der Waals surface area contributed by atoms with Gasteiger partial charge in [0.15, 0.2) is 0 Å². The van der Waals surface area contributed by atoms with Crippen molar-refractivity contribution in [3.05, 3.63) is 29.3 Å². The number of benzene rings is 1. The first-order valence-corrected chi connectivity index (χ1v) is 4.36. The van der Waals surface area contributed by atoms with Gasteiger partial charge in [0.1, 0.15) is 5.75 Å². The van der Waals surface area contributed by atoms with Gasteiger partial charge in [0.05, 0.1) is 6.54 Å². The third kappa shape index (κ3) is 3.19. The maximum Gasteiger partial charge on any atom is 0.255 e. The number of rotatable bonds is 3. The average molecular weight is 215 g/mol. The van der Waals surface area contributed by atoms with Crippen molar-refractivity contribution in [1.82, 2.24) is 5.32 Å². The summed E-state index contributed by atoms with van der Waals surface area (Å²) in [6.07, 6.45) is -2.56. The van der Waals surface area contributed by atoms with Crippen molar-refractivity contribution in [2.24, 2.45) is 0 Å². The molecular formula is C10H11F2NO2. The number of aryl methyl sites for hydroxylation is 1. The van der Waals surface area contributed by atoms with Gasteiger partial charge < -0.3 is 10.4 Å². The molecule has 0 spiro atoms. The van der Waals surface area contributed by atoms with Gasteiger partial charge in [-0.1, -0.05) is 0 Å². The highest BCUT2D eigenvalue weighted by molar-refractivity contribution is 5.95. The first kappa shape index (κ1) is 11.4. The van der Waals surface area contributed by atoms with Crippen LogP contribution in [0.5, 0.6) is 5.75 Å². The highest BCUT2D eigenvalue weighted by atomic mass is 19.3. The summed E-state index contributed by atoms with van der Waals surface area (Å²) in [5.74, 6) is -0.522. The van der Waals surface area contributed by atoms with Crippen LogP contribution in [0.1, 0.15) is 15.9 Å². The third-order valence-corrected chi connectivity index (χ3v) is 1.87. The van der Waals surface area contributed by atoms with E-state index >= 15 is 0 Å². The lowest BCUT2D eigenvalue weighted by Crippen LogP contribution is -2.28. The van der Waals surface area contributed by atoms with E-state index in [0.29, 0.717) is 5.56 Å². The lowest BCUT2D eigenvalue weighted by atomic mass is 10.1. The Labute approximate surface area is 85.7 Å². The van der Waals surface area contributed by atoms with Crippen molar-refractivity contribution in [1.29, 1.82) is 0 Å². The van der Waals surface area contributed by atoms with Gasteiger partial charge in [0.25, 0.3) is 12.3 Å². The molecule has 82 valence electrons. The van der Waals surface area contributed by atoms with E-state index in [2.05, 4.69) is 5.32 Å². The fourth-order valence-electron chi connectivity index (χ4n) is 1.17. The summed E-state index contributed by atoms with van der Waals surface area (Å²) in [6.45, 7) is 0.955. The van der Waals surface area contributed by atoms with Crippen LogP contribution in [0.2, 0.25) is 0 Å². The van der Waals surface area contributed by atoms with Crippen molar-refractivity contribution in [3.8, 4) is 5.75 Å². The molecule has 1 aromatic carbocycles. The van der Waals surface area contributed by atoms with Gasteiger partial charge >= 0.3 is 0 Å². The minimum Gasteiger partial charge on any atom is -0.508 e. The van der Waals surface area contributed by atoms with Crippen LogP contribution in [0.15, 0.2) is 18.2 Å². The van der Waals surface area contributed by atoms with E-state index in [1.165, 1.54) is 18.2 Å². The van der Waals surface area contributed by atoms with Crippen LogP contribution in [0.4, 0.5) is 8.78 Å². The summed E-state index contributed by atoms with van der Waals surface area (Å²) in [6, 6.07) is 4.13. The molecule has 0 aliphatic rings. The van der Waals surface area contributed by atoms with E-state index in [0.717, 1.165) is 0 Å². The average Bonchev–Trinajstić information content (AvgIpc) is 2.14. The van der Waals surface area contributed by atoms with Crippen LogP contribution < -0.4 is 5.32 Å². The zero-order valence-corrected chi connectivity index (χ0v) is 8.13. The number of hydrogen-bond acceptors (Lipinski definition) is 2. The molecule has 0 aliphatic carbocycles. The molecule has 1 aromatic rings. The number of halogens is 2. The SMILES string of the molecule is Cc1cc(O)ccc1C(=O)NCC(F)F. The highest BCUT2D eigenvalue weighted by Crippen LogP contribution is 2.15. The number of carbonyl (C=O) groups excluding carboxylic acids is 1. The maximum absolute atomic E-state index is 11.8. The van der Waals surface area contributed by atoms with Crippen LogP contribution in [0.25, 0.3) is 0 Å². The standard InChI is InChI=1S/C10H11F2NO2/c1-6-4-7(14)2-3-8(6)10(15)13-5-9(11)12/h2-4,9,14H,5H2,1H3,(H,13,15). The first-order valence-electron chi connectivity index (χ1n) is 4.36. The number of hydrogen-bond donors (Lipinski definition) is 2. The Morgan fingerprint density at radius 2 is 2.20 bits per heavy atom. The van der Waals surface area contributed by atoms with Gasteiger partial charge in [0.2, 0.25) is 0 Å². The van der Waals surface area contributed by atoms with Crippen molar-refractivity contribution >= 4 is 5.91 Å². The monoisotopic (exact) mass is 215 g/mol. The molecule has 0 bridgehead atoms. The molecule has 3 nitrogen and oxygen atoms in total. The molecule has 15 heavy (non-hydrogen) atoms. The minimum absolute atomic E-state index is 0.0397. The van der Waals surface area contributed by atoms with Crippen molar-refractivity contribution in [2.45, 2.75) is 13.3 Å². The number of aromatic hydroxyl groups is 1. The molecule has 1 amide bonds. The molecule has 0 heterocycles. The molecule has 0 fully saturated rings. The summed E-state index contributed by atoms with van der Waals surface area (Å²) in [5, 5.41) is 11.2. The quantitative estimate of drug-likeness (QED) is 0.806. The molecule has 2 N–H and O–H groups in total. The minimum atomic E-state index is -2.56. The first-order chi connectivity index (χ1) is 7.00. The molecular weight excluding hydrogens is 204 g/mol. The van der Waals surface area contributed by atoms with E-state index in [1.54, 1.807) is 6.92 Å². The lowest BCUT2D eigenvalue weighted by Gasteiger charge is -2.07. The second kappa shape index (κ2) is 4.72. The van der Waals surface area contributed by atoms with E-state index in [1.807, 2.05) is 0 Å². The van der Waals surface area contributed by atoms with Crippen molar-refractivity contribution < 1.29 is 18.7 Å². The molecule has 0 saturated heterocycles. The van der Waals surface area contributed by atoms with E-state index in [4.69, 9.17) is 5.11 Å². The largest absolute Gasteiger partial charge is 0.508 e. The molecule has 0 aliphatic heterocycles. The van der Waals surface area contributed by atoms with Crippen LogP contribution in [-0.2, 0) is 0 Å². The fraction of sp³-hybridized carbons (Fsp3) is 0.300. The molecule has 1 rings (SSSR count). The third-order valence-electron chi connectivity index (χ3n) is 1.87. The fourth-order valence-corrected chi connectivity index (χ4v) is 1.17. The Hall–Kier alpha value is -1.65. The van der Waals surface area contributed by atoms with Crippen LogP contribution >= 0.6 is 0 Å². The Kier molecular flexibility index (Phi) is 3.60. The molecule has 5 heteroatoms. The van der Waals surface area contributed by atoms with Gasteiger partial charge in [-0.2, -0.15) is 0 Å². The molecule has 0 unspecified atom stereocenters. The van der Waals surface area contributed by atoms with E-state index in [-0.39, 0.29) is 11.3 Å². The number of alkyl halides is 2. The number of amides is 1. The molecule has 0 radical (unpaired) electrons. The van der Waals surface area contributed by atoms with Gasteiger partial charge in [-0.15, -0.1) is 0 Å². The lowest BCUT2D eigenvalue weighted by molar-refractivity contribution is 0.0891. The molecule has 0 atom stereocenters. The topological polar surface area (TPSA) is 49.3 Å².